The molecule has 0 aliphatic carbocycles. The van der Waals surface area contributed by atoms with Crippen molar-refractivity contribution in [2.45, 2.75) is 24.5 Å². The van der Waals surface area contributed by atoms with E-state index in [1.807, 2.05) is 0 Å². The van der Waals surface area contributed by atoms with Gasteiger partial charge < -0.3 is 14.7 Å². The summed E-state index contributed by atoms with van der Waals surface area (Å²) in [6.07, 6.45) is -2.99. The zero-order valence-corrected chi connectivity index (χ0v) is 16.1. The predicted octanol–water partition coefficient (Wildman–Crippen LogP) is 4.90. The third-order valence-corrected chi connectivity index (χ3v) is 4.75. The summed E-state index contributed by atoms with van der Waals surface area (Å²) in [6.45, 7) is 1.39. The van der Waals surface area contributed by atoms with Crippen LogP contribution in [0.3, 0.4) is 0 Å². The lowest BCUT2D eigenvalue weighted by molar-refractivity contribution is -0.139. The molecule has 1 N–H and O–H groups in total. The highest BCUT2D eigenvalue weighted by Gasteiger charge is 2.34. The summed E-state index contributed by atoms with van der Waals surface area (Å²) in [4.78, 5) is 24.1. The van der Waals surface area contributed by atoms with Gasteiger partial charge in [-0.3, -0.25) is 4.79 Å². The Kier molecular flexibility index (Phi) is 6.60. The number of nitrogens with zero attached hydrogens (tertiary/aromatic N) is 1. The fourth-order valence-electron chi connectivity index (χ4n) is 2.40. The number of carboxylic acids is 1. The zero-order chi connectivity index (χ0) is 21.1. The second-order valence-corrected chi connectivity index (χ2v) is 6.81. The standard InChI is InChI=1S/C19H18F3NO4S/c1-11(24)23(2)10-13-8-12(18(25)26)4-6-16(13)27-14-5-7-17(28-3)15(9-14)19(20,21)22/h4-9H,10H2,1-3H3,(H,25,26). The first-order valence-electron chi connectivity index (χ1n) is 8.04. The molecule has 0 aliphatic rings. The summed E-state index contributed by atoms with van der Waals surface area (Å²) in [6, 6.07) is 7.60. The second kappa shape index (κ2) is 8.55. The molecule has 0 fully saturated rings. The molecule has 0 atom stereocenters. The molecule has 2 rings (SSSR count). The maximum atomic E-state index is 13.3. The van der Waals surface area contributed by atoms with Crippen molar-refractivity contribution in [3.05, 3.63) is 53.1 Å². The molecule has 28 heavy (non-hydrogen) atoms. The Hall–Kier alpha value is -2.68. The number of aromatic carboxylic acids is 1. The molecule has 0 heterocycles. The normalized spacial score (nSPS) is 11.2. The van der Waals surface area contributed by atoms with E-state index in [1.165, 1.54) is 49.2 Å². The molecule has 0 saturated heterocycles. The van der Waals surface area contributed by atoms with Crippen molar-refractivity contribution in [1.29, 1.82) is 0 Å². The van der Waals surface area contributed by atoms with Crippen LogP contribution in [-0.2, 0) is 17.5 Å². The van der Waals surface area contributed by atoms with Gasteiger partial charge >= 0.3 is 12.1 Å². The number of ether oxygens (including phenoxy) is 1. The molecule has 2 aromatic rings. The van der Waals surface area contributed by atoms with E-state index >= 15 is 0 Å². The first-order valence-corrected chi connectivity index (χ1v) is 9.26. The van der Waals surface area contributed by atoms with E-state index in [4.69, 9.17) is 9.84 Å². The highest BCUT2D eigenvalue weighted by atomic mass is 32.2. The average Bonchev–Trinajstić information content (AvgIpc) is 2.62. The van der Waals surface area contributed by atoms with Crippen LogP contribution in [0.5, 0.6) is 11.5 Å². The van der Waals surface area contributed by atoms with Gasteiger partial charge in [-0.2, -0.15) is 13.2 Å². The predicted molar refractivity (Wildman–Crippen MR) is 98.8 cm³/mol. The number of benzene rings is 2. The molecular formula is C19H18F3NO4S. The first kappa shape index (κ1) is 21.6. The maximum Gasteiger partial charge on any atom is 0.417 e. The number of carbonyl (C=O) groups excluding carboxylic acids is 1. The minimum absolute atomic E-state index is 0.0204. The van der Waals surface area contributed by atoms with Crippen molar-refractivity contribution < 1.29 is 32.6 Å². The van der Waals surface area contributed by atoms with E-state index < -0.39 is 17.7 Å². The largest absolute Gasteiger partial charge is 0.478 e. The molecule has 2 aromatic carbocycles. The van der Waals surface area contributed by atoms with Gasteiger partial charge in [0.15, 0.2) is 0 Å². The molecule has 0 aliphatic heterocycles. The van der Waals surface area contributed by atoms with Crippen LogP contribution in [0.1, 0.15) is 28.4 Å². The molecule has 0 aromatic heterocycles. The molecule has 0 unspecified atom stereocenters. The Morgan fingerprint density at radius 2 is 1.86 bits per heavy atom. The fraction of sp³-hybridized carbons (Fsp3) is 0.263. The van der Waals surface area contributed by atoms with Gasteiger partial charge in [-0.15, -0.1) is 11.8 Å². The molecule has 5 nitrogen and oxygen atoms in total. The van der Waals surface area contributed by atoms with E-state index in [-0.39, 0.29) is 34.4 Å². The molecule has 0 spiro atoms. The minimum Gasteiger partial charge on any atom is -0.478 e. The first-order chi connectivity index (χ1) is 13.0. The number of amides is 1. The fourth-order valence-corrected chi connectivity index (χ4v) is 3.00. The summed E-state index contributed by atoms with van der Waals surface area (Å²) >= 11 is 0.972. The number of halogens is 3. The quantitative estimate of drug-likeness (QED) is 0.683. The Morgan fingerprint density at radius 1 is 1.18 bits per heavy atom. The van der Waals surface area contributed by atoms with Gasteiger partial charge in [0.25, 0.3) is 0 Å². The van der Waals surface area contributed by atoms with Crippen LogP contribution in [0.4, 0.5) is 13.2 Å². The highest BCUT2D eigenvalue weighted by molar-refractivity contribution is 7.98. The van der Waals surface area contributed by atoms with Gasteiger partial charge in [-0.1, -0.05) is 0 Å². The second-order valence-electron chi connectivity index (χ2n) is 5.96. The number of hydrogen-bond acceptors (Lipinski definition) is 4. The van der Waals surface area contributed by atoms with Crippen LogP contribution in [-0.4, -0.2) is 35.2 Å². The monoisotopic (exact) mass is 413 g/mol. The molecule has 0 radical (unpaired) electrons. The third-order valence-electron chi connectivity index (χ3n) is 3.96. The average molecular weight is 413 g/mol. The summed E-state index contributed by atoms with van der Waals surface area (Å²) in [5.41, 5.74) is -0.477. The van der Waals surface area contributed by atoms with Crippen LogP contribution in [0.15, 0.2) is 41.3 Å². The summed E-state index contributed by atoms with van der Waals surface area (Å²) in [5, 5.41) is 9.17. The van der Waals surface area contributed by atoms with Gasteiger partial charge in [0, 0.05) is 31.0 Å². The molecule has 1 amide bonds. The third kappa shape index (κ3) is 5.19. The van der Waals surface area contributed by atoms with Crippen LogP contribution >= 0.6 is 11.8 Å². The Bertz CT molecular complexity index is 899. The molecule has 150 valence electrons. The smallest absolute Gasteiger partial charge is 0.417 e. The van der Waals surface area contributed by atoms with E-state index in [0.717, 1.165) is 17.8 Å². The summed E-state index contributed by atoms with van der Waals surface area (Å²) < 4.78 is 45.4. The van der Waals surface area contributed by atoms with E-state index in [1.54, 1.807) is 6.26 Å². The van der Waals surface area contributed by atoms with Crippen LogP contribution in [0, 0.1) is 0 Å². The Balaban J connectivity index is 2.45. The number of rotatable bonds is 6. The molecule has 0 bridgehead atoms. The topological polar surface area (TPSA) is 66.8 Å². The van der Waals surface area contributed by atoms with Gasteiger partial charge in [0.05, 0.1) is 11.1 Å². The lowest BCUT2D eigenvalue weighted by atomic mass is 10.1. The van der Waals surface area contributed by atoms with Crippen LogP contribution in [0.2, 0.25) is 0 Å². The van der Waals surface area contributed by atoms with Crippen molar-refractivity contribution in [3.8, 4) is 11.5 Å². The lowest BCUT2D eigenvalue weighted by Gasteiger charge is -2.19. The van der Waals surface area contributed by atoms with Crippen LogP contribution in [0.25, 0.3) is 0 Å². The Labute approximate surface area is 164 Å². The zero-order valence-electron chi connectivity index (χ0n) is 15.3. The van der Waals surface area contributed by atoms with E-state index in [9.17, 15) is 22.8 Å². The van der Waals surface area contributed by atoms with Gasteiger partial charge in [0.1, 0.15) is 11.5 Å². The number of thioether (sulfide) groups is 1. The van der Waals surface area contributed by atoms with E-state index in [2.05, 4.69) is 0 Å². The maximum absolute atomic E-state index is 13.3. The van der Waals surface area contributed by atoms with Crippen molar-refractivity contribution in [2.24, 2.45) is 0 Å². The number of carboxylic acid groups (broad SMARTS) is 1. The van der Waals surface area contributed by atoms with Crippen molar-refractivity contribution in [2.75, 3.05) is 13.3 Å². The van der Waals surface area contributed by atoms with Gasteiger partial charge in [0.2, 0.25) is 5.91 Å². The Morgan fingerprint density at radius 3 is 2.39 bits per heavy atom. The summed E-state index contributed by atoms with van der Waals surface area (Å²) in [7, 11) is 1.52. The highest BCUT2D eigenvalue weighted by Crippen LogP contribution is 2.39. The lowest BCUT2D eigenvalue weighted by Crippen LogP contribution is -2.23. The molecule has 9 heteroatoms. The SMILES string of the molecule is CSc1ccc(Oc2ccc(C(=O)O)cc2CN(C)C(C)=O)cc1C(F)(F)F. The van der Waals surface area contributed by atoms with Crippen molar-refractivity contribution in [3.63, 3.8) is 0 Å². The summed E-state index contributed by atoms with van der Waals surface area (Å²) in [5.74, 6) is -1.29. The molecule has 0 saturated carbocycles. The van der Waals surface area contributed by atoms with Gasteiger partial charge in [-0.05, 0) is 42.7 Å². The molecular weight excluding hydrogens is 395 g/mol. The van der Waals surface area contributed by atoms with Crippen LogP contribution < -0.4 is 4.74 Å². The van der Waals surface area contributed by atoms with Crippen molar-refractivity contribution in [1.82, 2.24) is 4.90 Å². The minimum atomic E-state index is -4.54. The van der Waals surface area contributed by atoms with Crippen molar-refractivity contribution >= 4 is 23.6 Å². The van der Waals surface area contributed by atoms with Gasteiger partial charge in [-0.25, -0.2) is 4.79 Å². The number of alkyl halides is 3. The number of carbonyl (C=O) groups is 2. The van der Waals surface area contributed by atoms with E-state index in [0.29, 0.717) is 5.56 Å². The number of hydrogen-bond donors (Lipinski definition) is 1.